The van der Waals surface area contributed by atoms with Crippen LogP contribution in [0.4, 0.5) is 4.39 Å². The molecule has 1 aliphatic rings. The van der Waals surface area contributed by atoms with Crippen molar-refractivity contribution < 1.29 is 4.39 Å². The van der Waals surface area contributed by atoms with E-state index in [4.69, 9.17) is 0 Å². The van der Waals surface area contributed by atoms with Crippen LogP contribution in [0.2, 0.25) is 0 Å². The van der Waals surface area contributed by atoms with Crippen LogP contribution < -0.4 is 0 Å². The molecular formula is C19H19FN2. The lowest BCUT2D eigenvalue weighted by Crippen LogP contribution is -1.99. The predicted molar refractivity (Wildman–Crippen MR) is 87.6 cm³/mol. The highest BCUT2D eigenvalue weighted by atomic mass is 19.1. The minimum atomic E-state index is -0.211. The number of pyridine rings is 1. The summed E-state index contributed by atoms with van der Waals surface area (Å²) in [5.74, 6) is -0.211. The second kappa shape index (κ2) is 4.67. The topological polar surface area (TPSA) is 17.8 Å². The number of nitrogens with zero attached hydrogens (tertiary/aromatic N) is 2. The van der Waals surface area contributed by atoms with Crippen LogP contribution >= 0.6 is 0 Å². The zero-order chi connectivity index (χ0) is 15.4. The molecule has 112 valence electrons. The molecule has 2 nitrogen and oxygen atoms in total. The van der Waals surface area contributed by atoms with Crippen LogP contribution in [0.3, 0.4) is 0 Å². The monoisotopic (exact) mass is 294 g/mol. The van der Waals surface area contributed by atoms with E-state index in [1.54, 1.807) is 0 Å². The Morgan fingerprint density at radius 3 is 2.41 bits per heavy atom. The number of aromatic nitrogens is 2. The van der Waals surface area contributed by atoms with E-state index in [-0.39, 0.29) is 5.82 Å². The van der Waals surface area contributed by atoms with E-state index in [0.717, 1.165) is 11.3 Å². The van der Waals surface area contributed by atoms with Gasteiger partial charge in [-0.2, -0.15) is 0 Å². The Bertz CT molecular complexity index is 871. The predicted octanol–water partition coefficient (Wildman–Crippen LogP) is 5.10. The lowest BCUT2D eigenvalue weighted by molar-refractivity contribution is 0.628. The lowest BCUT2D eigenvalue weighted by Gasteiger charge is -2.11. The molecule has 1 aliphatic carbocycles. The van der Waals surface area contributed by atoms with E-state index in [0.29, 0.717) is 6.04 Å². The van der Waals surface area contributed by atoms with Gasteiger partial charge in [-0.25, -0.2) is 4.39 Å². The van der Waals surface area contributed by atoms with Crippen LogP contribution in [-0.4, -0.2) is 9.55 Å². The molecule has 0 aliphatic heterocycles. The number of rotatable bonds is 2. The Kier molecular flexibility index (Phi) is 2.86. The molecule has 4 rings (SSSR count). The number of hydrogen-bond donors (Lipinski definition) is 0. The average molecular weight is 294 g/mol. The van der Waals surface area contributed by atoms with Crippen molar-refractivity contribution in [3.8, 4) is 11.3 Å². The minimum absolute atomic E-state index is 0.211. The summed E-state index contributed by atoms with van der Waals surface area (Å²) >= 11 is 0. The molecule has 0 amide bonds. The molecule has 0 unspecified atom stereocenters. The third-order valence-corrected chi connectivity index (χ3v) is 4.79. The zero-order valence-electron chi connectivity index (χ0n) is 13.2. The summed E-state index contributed by atoms with van der Waals surface area (Å²) in [5, 5.41) is 1.30. The van der Waals surface area contributed by atoms with Crippen molar-refractivity contribution in [2.75, 3.05) is 0 Å². The number of hydrogen-bond acceptors (Lipinski definition) is 1. The Morgan fingerprint density at radius 1 is 1.09 bits per heavy atom. The van der Waals surface area contributed by atoms with Gasteiger partial charge in [0.15, 0.2) is 0 Å². The third-order valence-electron chi connectivity index (χ3n) is 4.79. The van der Waals surface area contributed by atoms with Crippen molar-refractivity contribution >= 4 is 10.9 Å². The van der Waals surface area contributed by atoms with E-state index < -0.39 is 0 Å². The largest absolute Gasteiger partial charge is 0.340 e. The fourth-order valence-corrected chi connectivity index (χ4v) is 3.44. The second-order valence-electron chi connectivity index (χ2n) is 6.33. The molecule has 2 aromatic heterocycles. The molecular weight excluding hydrogens is 275 g/mol. The fraction of sp³-hybridized carbons (Fsp3) is 0.316. The molecule has 0 spiro atoms. The van der Waals surface area contributed by atoms with Crippen molar-refractivity contribution in [3.63, 3.8) is 0 Å². The lowest BCUT2D eigenvalue weighted by atomic mass is 10.0. The smallest absolute Gasteiger partial charge is 0.123 e. The van der Waals surface area contributed by atoms with Crippen molar-refractivity contribution in [2.45, 2.75) is 39.7 Å². The molecule has 22 heavy (non-hydrogen) atoms. The molecule has 0 bridgehead atoms. The molecule has 0 N–H and O–H groups in total. The van der Waals surface area contributed by atoms with Gasteiger partial charge in [0.2, 0.25) is 0 Å². The minimum Gasteiger partial charge on any atom is -0.340 e. The van der Waals surface area contributed by atoms with Crippen molar-refractivity contribution in [1.29, 1.82) is 0 Å². The van der Waals surface area contributed by atoms with Gasteiger partial charge in [0.05, 0.1) is 11.2 Å². The average Bonchev–Trinajstić information content (AvgIpc) is 3.29. The highest BCUT2D eigenvalue weighted by Crippen LogP contribution is 2.43. The number of aryl methyl sites for hydroxylation is 2. The highest BCUT2D eigenvalue weighted by molar-refractivity contribution is 5.97. The summed E-state index contributed by atoms with van der Waals surface area (Å²) < 4.78 is 15.7. The van der Waals surface area contributed by atoms with Gasteiger partial charge in [-0.15, -0.1) is 0 Å². The van der Waals surface area contributed by atoms with Crippen LogP contribution in [0.1, 0.15) is 35.7 Å². The fourth-order valence-electron chi connectivity index (χ4n) is 3.44. The molecule has 1 aromatic carbocycles. The molecule has 1 fully saturated rings. The third kappa shape index (κ3) is 1.88. The number of benzene rings is 1. The quantitative estimate of drug-likeness (QED) is 0.642. The van der Waals surface area contributed by atoms with Crippen LogP contribution in [0.5, 0.6) is 0 Å². The van der Waals surface area contributed by atoms with E-state index in [2.05, 4.69) is 30.3 Å². The molecule has 3 aromatic rings. The SMILES string of the molecule is Cc1cnc(-c2ccc(F)cc2)c2c1c(C)c(C)n2C1CC1. The van der Waals surface area contributed by atoms with E-state index in [1.165, 1.54) is 52.7 Å². The van der Waals surface area contributed by atoms with Crippen LogP contribution in [0, 0.1) is 26.6 Å². The van der Waals surface area contributed by atoms with Gasteiger partial charge in [-0.3, -0.25) is 4.98 Å². The van der Waals surface area contributed by atoms with Crippen LogP contribution in [0.15, 0.2) is 30.5 Å². The number of fused-ring (bicyclic) bond motifs is 1. The van der Waals surface area contributed by atoms with Crippen molar-refractivity contribution in [1.82, 2.24) is 9.55 Å². The summed E-state index contributed by atoms with van der Waals surface area (Å²) in [6.07, 6.45) is 4.41. The molecule has 3 heteroatoms. The summed E-state index contributed by atoms with van der Waals surface area (Å²) in [6.45, 7) is 6.51. The maximum Gasteiger partial charge on any atom is 0.123 e. The first-order valence-corrected chi connectivity index (χ1v) is 7.80. The Morgan fingerprint density at radius 2 is 1.77 bits per heavy atom. The van der Waals surface area contributed by atoms with Gasteiger partial charge in [0.1, 0.15) is 5.82 Å². The Hall–Kier alpha value is -2.16. The van der Waals surface area contributed by atoms with Gasteiger partial charge in [0, 0.05) is 28.9 Å². The first-order valence-electron chi connectivity index (χ1n) is 7.80. The van der Waals surface area contributed by atoms with E-state index >= 15 is 0 Å². The van der Waals surface area contributed by atoms with Gasteiger partial charge in [0.25, 0.3) is 0 Å². The molecule has 2 heterocycles. The van der Waals surface area contributed by atoms with Crippen LogP contribution in [-0.2, 0) is 0 Å². The van der Waals surface area contributed by atoms with E-state index in [9.17, 15) is 4.39 Å². The second-order valence-corrected chi connectivity index (χ2v) is 6.33. The summed E-state index contributed by atoms with van der Waals surface area (Å²) in [6, 6.07) is 7.25. The first kappa shape index (κ1) is 13.5. The zero-order valence-corrected chi connectivity index (χ0v) is 13.2. The molecule has 0 atom stereocenters. The van der Waals surface area contributed by atoms with Crippen LogP contribution in [0.25, 0.3) is 22.2 Å². The summed E-state index contributed by atoms with van der Waals surface area (Å²) in [4.78, 5) is 4.69. The van der Waals surface area contributed by atoms with Crippen molar-refractivity contribution in [2.24, 2.45) is 0 Å². The molecule has 0 radical (unpaired) electrons. The Balaban J connectivity index is 2.09. The number of halogens is 1. The van der Waals surface area contributed by atoms with E-state index in [1.807, 2.05) is 18.3 Å². The van der Waals surface area contributed by atoms with Gasteiger partial charge in [-0.05, 0) is 69.0 Å². The maximum absolute atomic E-state index is 13.2. The molecule has 0 saturated heterocycles. The normalized spacial score (nSPS) is 14.7. The van der Waals surface area contributed by atoms with Crippen molar-refractivity contribution in [3.05, 3.63) is 53.1 Å². The standard InChI is InChI=1S/C19H19FN2/c1-11-10-21-18(14-4-6-15(20)7-5-14)19-17(11)12(2)13(3)22(19)16-8-9-16/h4-7,10,16H,8-9H2,1-3H3. The first-order chi connectivity index (χ1) is 10.6. The molecule has 1 saturated carbocycles. The van der Waals surface area contributed by atoms with Gasteiger partial charge >= 0.3 is 0 Å². The summed E-state index contributed by atoms with van der Waals surface area (Å²) in [5.41, 5.74) is 7.03. The Labute approximate surface area is 129 Å². The highest BCUT2D eigenvalue weighted by Gasteiger charge is 2.29. The summed E-state index contributed by atoms with van der Waals surface area (Å²) in [7, 11) is 0. The van der Waals surface area contributed by atoms with Gasteiger partial charge in [-0.1, -0.05) is 0 Å². The van der Waals surface area contributed by atoms with Gasteiger partial charge < -0.3 is 4.57 Å². The maximum atomic E-state index is 13.2.